The van der Waals surface area contributed by atoms with Crippen molar-refractivity contribution < 1.29 is 9.90 Å². The first-order chi connectivity index (χ1) is 5.57. The second-order valence-electron chi connectivity index (χ2n) is 2.20. The normalized spacial score (nSPS) is 10.9. The van der Waals surface area contributed by atoms with Crippen molar-refractivity contribution in [1.82, 2.24) is 5.01 Å². The van der Waals surface area contributed by atoms with E-state index < -0.39 is 5.97 Å². The molecule has 0 aromatic rings. The first kappa shape index (κ1) is 10.5. The second-order valence-corrected chi connectivity index (χ2v) is 2.20. The first-order valence-corrected chi connectivity index (χ1v) is 3.40. The topological polar surface area (TPSA) is 92.6 Å². The van der Waals surface area contributed by atoms with Crippen molar-refractivity contribution in [2.75, 3.05) is 6.54 Å². The van der Waals surface area contributed by atoms with Crippen LogP contribution in [0.3, 0.4) is 0 Å². The number of nitrogens with two attached hydrogens (primary N) is 2. The molecule has 5 nitrogen and oxygen atoms in total. The summed E-state index contributed by atoms with van der Waals surface area (Å²) in [6.45, 7) is 3.99. The molecule has 0 aliphatic carbocycles. The summed E-state index contributed by atoms with van der Waals surface area (Å²) in [5.41, 5.74) is 4.83. The van der Waals surface area contributed by atoms with Gasteiger partial charge < -0.3 is 15.8 Å². The zero-order chi connectivity index (χ0) is 9.56. The zero-order valence-electron chi connectivity index (χ0n) is 6.73. The molecule has 5 N–H and O–H groups in total. The van der Waals surface area contributed by atoms with Crippen LogP contribution in [-0.2, 0) is 4.79 Å². The van der Waals surface area contributed by atoms with Gasteiger partial charge in [-0.15, -0.1) is 6.58 Å². The maximum atomic E-state index is 10.2. The molecule has 5 heteroatoms. The highest BCUT2D eigenvalue weighted by Crippen LogP contribution is 1.89. The molecule has 0 aliphatic rings. The zero-order valence-corrected chi connectivity index (χ0v) is 6.73. The number of hydrogen-bond donors (Lipinski definition) is 3. The quantitative estimate of drug-likeness (QED) is 0.227. The highest BCUT2D eigenvalue weighted by atomic mass is 16.4. The molecule has 0 heterocycles. The minimum absolute atomic E-state index is 0.276. The van der Waals surface area contributed by atoms with E-state index in [0.29, 0.717) is 13.0 Å². The molecule has 0 radical (unpaired) electrons. The smallest absolute Gasteiger partial charge is 0.353 e. The second kappa shape index (κ2) is 5.20. The minimum atomic E-state index is -1.18. The molecule has 0 unspecified atom stereocenters. The number of rotatable bonds is 5. The standard InChI is InChI=1S/C7H13N3O2/c1-2-3-4-10(9)5-6(8)7(11)12/h2,5H,1,3-4,8-9H2,(H,11,12)/b6-5-. The molecule has 0 saturated heterocycles. The summed E-state index contributed by atoms with van der Waals surface area (Å²) in [5, 5.41) is 9.57. The van der Waals surface area contributed by atoms with Crippen LogP contribution in [0.25, 0.3) is 0 Å². The van der Waals surface area contributed by atoms with Gasteiger partial charge in [0.15, 0.2) is 0 Å². The fourth-order valence-corrected chi connectivity index (χ4v) is 0.539. The highest BCUT2D eigenvalue weighted by molar-refractivity contribution is 5.85. The maximum absolute atomic E-state index is 10.2. The van der Waals surface area contributed by atoms with Crippen molar-refractivity contribution >= 4 is 5.97 Å². The van der Waals surface area contributed by atoms with E-state index in [-0.39, 0.29) is 5.70 Å². The Morgan fingerprint density at radius 1 is 1.67 bits per heavy atom. The Labute approximate surface area is 70.9 Å². The van der Waals surface area contributed by atoms with Gasteiger partial charge in [0.25, 0.3) is 0 Å². The van der Waals surface area contributed by atoms with Crippen LogP contribution in [0.4, 0.5) is 0 Å². The molecule has 0 spiro atoms. The van der Waals surface area contributed by atoms with Crippen LogP contribution in [0.2, 0.25) is 0 Å². The third-order valence-corrected chi connectivity index (χ3v) is 1.14. The lowest BCUT2D eigenvalue weighted by molar-refractivity contribution is -0.132. The average Bonchev–Trinajstić information content (AvgIpc) is 2.00. The SMILES string of the molecule is C=CCCN(N)/C=C(\N)C(=O)O. The Balaban J connectivity index is 3.95. The lowest BCUT2D eigenvalue weighted by Gasteiger charge is -2.11. The van der Waals surface area contributed by atoms with Crippen molar-refractivity contribution in [3.63, 3.8) is 0 Å². The molecule has 68 valence electrons. The van der Waals surface area contributed by atoms with Crippen molar-refractivity contribution in [2.45, 2.75) is 6.42 Å². The van der Waals surface area contributed by atoms with Gasteiger partial charge in [-0.2, -0.15) is 0 Å². The van der Waals surface area contributed by atoms with E-state index in [2.05, 4.69) is 6.58 Å². The fraction of sp³-hybridized carbons (Fsp3) is 0.286. The molecular weight excluding hydrogens is 158 g/mol. The van der Waals surface area contributed by atoms with Crippen LogP contribution < -0.4 is 11.6 Å². The van der Waals surface area contributed by atoms with E-state index in [4.69, 9.17) is 16.7 Å². The maximum Gasteiger partial charge on any atom is 0.353 e. The molecule has 0 bridgehead atoms. The van der Waals surface area contributed by atoms with Crippen molar-refractivity contribution in [2.24, 2.45) is 11.6 Å². The van der Waals surface area contributed by atoms with Gasteiger partial charge in [-0.25, -0.2) is 10.6 Å². The van der Waals surface area contributed by atoms with Gasteiger partial charge >= 0.3 is 5.97 Å². The number of carboxylic acids is 1. The van der Waals surface area contributed by atoms with Crippen molar-refractivity contribution in [3.8, 4) is 0 Å². The Hall–Kier alpha value is -1.49. The molecule has 0 saturated carbocycles. The monoisotopic (exact) mass is 171 g/mol. The van der Waals surface area contributed by atoms with E-state index in [1.165, 1.54) is 11.2 Å². The Morgan fingerprint density at radius 3 is 2.67 bits per heavy atom. The number of carbonyl (C=O) groups is 1. The predicted octanol–water partition coefficient (Wildman–Crippen LogP) is -0.377. The summed E-state index contributed by atoms with van der Waals surface area (Å²) >= 11 is 0. The molecule has 0 aromatic heterocycles. The van der Waals surface area contributed by atoms with Gasteiger partial charge in [-0.3, -0.25) is 0 Å². The number of hydrogen-bond acceptors (Lipinski definition) is 4. The lowest BCUT2D eigenvalue weighted by atomic mass is 10.4. The van der Waals surface area contributed by atoms with Crippen molar-refractivity contribution in [3.05, 3.63) is 24.6 Å². The van der Waals surface area contributed by atoms with Crippen LogP contribution >= 0.6 is 0 Å². The number of nitrogens with zero attached hydrogens (tertiary/aromatic N) is 1. The van der Waals surface area contributed by atoms with Crippen LogP contribution in [-0.4, -0.2) is 22.6 Å². The van der Waals surface area contributed by atoms with Crippen LogP contribution in [0.15, 0.2) is 24.6 Å². The van der Waals surface area contributed by atoms with E-state index in [0.717, 1.165) is 0 Å². The molecule has 0 aromatic carbocycles. The van der Waals surface area contributed by atoms with Crippen LogP contribution in [0, 0.1) is 0 Å². The Morgan fingerprint density at radius 2 is 2.25 bits per heavy atom. The molecule has 0 aliphatic heterocycles. The summed E-state index contributed by atoms with van der Waals surface area (Å²) in [7, 11) is 0. The first-order valence-electron chi connectivity index (χ1n) is 3.40. The summed E-state index contributed by atoms with van der Waals surface area (Å²) in [6.07, 6.45) is 3.54. The molecule has 12 heavy (non-hydrogen) atoms. The summed E-state index contributed by atoms with van der Waals surface area (Å²) < 4.78 is 0. The van der Waals surface area contributed by atoms with Gasteiger partial charge in [-0.1, -0.05) is 6.08 Å². The Bertz CT molecular complexity index is 201. The average molecular weight is 171 g/mol. The predicted molar refractivity (Wildman–Crippen MR) is 45.6 cm³/mol. The van der Waals surface area contributed by atoms with E-state index in [9.17, 15) is 4.79 Å². The third kappa shape index (κ3) is 4.35. The number of hydrazine groups is 1. The van der Waals surface area contributed by atoms with E-state index in [1.54, 1.807) is 6.08 Å². The molecular formula is C7H13N3O2. The summed E-state index contributed by atoms with van der Waals surface area (Å²) in [5.74, 6) is 4.19. The number of carboxylic acid groups (broad SMARTS) is 1. The van der Waals surface area contributed by atoms with Crippen molar-refractivity contribution in [1.29, 1.82) is 0 Å². The van der Waals surface area contributed by atoms with E-state index in [1.807, 2.05) is 0 Å². The highest BCUT2D eigenvalue weighted by Gasteiger charge is 2.01. The molecule has 0 rings (SSSR count). The third-order valence-electron chi connectivity index (χ3n) is 1.14. The van der Waals surface area contributed by atoms with Gasteiger partial charge in [-0.05, 0) is 6.42 Å². The van der Waals surface area contributed by atoms with Crippen LogP contribution in [0.1, 0.15) is 6.42 Å². The van der Waals surface area contributed by atoms with Gasteiger partial charge in [0.2, 0.25) is 0 Å². The molecule has 0 amide bonds. The van der Waals surface area contributed by atoms with Gasteiger partial charge in [0.1, 0.15) is 5.70 Å². The molecule has 0 atom stereocenters. The van der Waals surface area contributed by atoms with Crippen LogP contribution in [0.5, 0.6) is 0 Å². The summed E-state index contributed by atoms with van der Waals surface area (Å²) in [6, 6.07) is 0. The minimum Gasteiger partial charge on any atom is -0.477 e. The van der Waals surface area contributed by atoms with Gasteiger partial charge in [0, 0.05) is 12.7 Å². The van der Waals surface area contributed by atoms with Gasteiger partial charge in [0.05, 0.1) is 0 Å². The fourth-order valence-electron chi connectivity index (χ4n) is 0.539. The lowest BCUT2D eigenvalue weighted by Crippen LogP contribution is -2.28. The number of aliphatic carboxylic acids is 1. The largest absolute Gasteiger partial charge is 0.477 e. The Kier molecular flexibility index (Phi) is 4.55. The summed E-state index contributed by atoms with van der Waals surface area (Å²) in [4.78, 5) is 10.2. The van der Waals surface area contributed by atoms with E-state index >= 15 is 0 Å². The molecule has 0 fully saturated rings.